The summed E-state index contributed by atoms with van der Waals surface area (Å²) in [6.45, 7) is 0. The minimum atomic E-state index is 0.781. The third kappa shape index (κ3) is 2.74. The molecule has 1 nitrogen and oxygen atoms in total. The van der Waals surface area contributed by atoms with Gasteiger partial charge in [-0.25, -0.2) is 4.98 Å². The van der Waals surface area contributed by atoms with Crippen LogP contribution in [0.15, 0.2) is 40.1 Å². The lowest BCUT2D eigenvalue weighted by atomic mass is 10.4. The lowest BCUT2D eigenvalue weighted by Crippen LogP contribution is -1.78. The topological polar surface area (TPSA) is 12.9 Å². The second-order valence-electron chi connectivity index (χ2n) is 2.72. The van der Waals surface area contributed by atoms with Gasteiger partial charge in [0.15, 0.2) is 0 Å². The third-order valence-electron chi connectivity index (χ3n) is 1.68. The second kappa shape index (κ2) is 4.82. The van der Waals surface area contributed by atoms with E-state index in [1.807, 2.05) is 29.8 Å². The minimum absolute atomic E-state index is 0.781. The molecule has 2 aromatic rings. The zero-order chi connectivity index (χ0) is 9.80. The Labute approximate surface area is 96.1 Å². The van der Waals surface area contributed by atoms with E-state index in [-0.39, 0.29) is 0 Å². The van der Waals surface area contributed by atoms with Gasteiger partial charge in [-0.05, 0) is 24.3 Å². The predicted octanol–water partition coefficient (Wildman–Crippen LogP) is 4.09. The number of hydrogen-bond donors (Lipinski definition) is 0. The molecule has 4 heteroatoms. The van der Waals surface area contributed by atoms with Gasteiger partial charge < -0.3 is 0 Å². The van der Waals surface area contributed by atoms with Gasteiger partial charge in [0, 0.05) is 21.1 Å². The van der Waals surface area contributed by atoms with Crippen molar-refractivity contribution in [3.63, 3.8) is 0 Å². The molecule has 2 rings (SSSR count). The summed E-state index contributed by atoms with van der Waals surface area (Å²) in [4.78, 5) is 5.44. The van der Waals surface area contributed by atoms with Crippen LogP contribution in [0.2, 0.25) is 5.02 Å². The normalized spacial score (nSPS) is 10.4. The van der Waals surface area contributed by atoms with Crippen molar-refractivity contribution in [2.75, 3.05) is 0 Å². The summed E-state index contributed by atoms with van der Waals surface area (Å²) < 4.78 is 0. The first-order chi connectivity index (χ1) is 6.84. The highest BCUT2D eigenvalue weighted by molar-refractivity contribution is 7.98. The molecule has 1 aromatic carbocycles. The fourth-order valence-corrected chi connectivity index (χ4v) is 2.59. The zero-order valence-electron chi connectivity index (χ0n) is 7.31. The van der Waals surface area contributed by atoms with Crippen LogP contribution in [-0.4, -0.2) is 4.98 Å². The maximum absolute atomic E-state index is 5.79. The Hall–Kier alpha value is -0.510. The second-order valence-corrected chi connectivity index (χ2v) is 4.93. The first-order valence-corrected chi connectivity index (χ1v) is 6.40. The van der Waals surface area contributed by atoms with E-state index in [0.29, 0.717) is 0 Å². The van der Waals surface area contributed by atoms with E-state index in [1.165, 1.54) is 4.90 Å². The number of thiazole rings is 1. The third-order valence-corrected chi connectivity index (χ3v) is 3.62. The minimum Gasteiger partial charge on any atom is -0.249 e. The molecular weight excluding hydrogens is 234 g/mol. The lowest BCUT2D eigenvalue weighted by molar-refractivity contribution is 1.23. The van der Waals surface area contributed by atoms with Crippen LogP contribution >= 0.6 is 34.7 Å². The average Bonchev–Trinajstić information content (AvgIpc) is 2.70. The number of halogens is 1. The molecule has 0 bridgehead atoms. The van der Waals surface area contributed by atoms with Gasteiger partial charge in [0.25, 0.3) is 0 Å². The van der Waals surface area contributed by atoms with Crippen molar-refractivity contribution < 1.29 is 0 Å². The van der Waals surface area contributed by atoms with E-state index in [1.54, 1.807) is 23.1 Å². The van der Waals surface area contributed by atoms with E-state index in [9.17, 15) is 0 Å². The van der Waals surface area contributed by atoms with Crippen LogP contribution in [0, 0.1) is 0 Å². The van der Waals surface area contributed by atoms with Gasteiger partial charge in [0.1, 0.15) is 0 Å². The number of aromatic nitrogens is 1. The van der Waals surface area contributed by atoms with Crippen LogP contribution in [0.4, 0.5) is 0 Å². The number of thioether (sulfide) groups is 1. The molecule has 14 heavy (non-hydrogen) atoms. The molecule has 72 valence electrons. The average molecular weight is 242 g/mol. The van der Waals surface area contributed by atoms with Crippen molar-refractivity contribution in [3.8, 4) is 0 Å². The monoisotopic (exact) mass is 241 g/mol. The Morgan fingerprint density at radius 3 is 2.71 bits per heavy atom. The Bertz CT molecular complexity index is 383. The molecule has 0 radical (unpaired) electrons. The quantitative estimate of drug-likeness (QED) is 0.751. The van der Waals surface area contributed by atoms with E-state index in [0.717, 1.165) is 16.5 Å². The van der Waals surface area contributed by atoms with Crippen LogP contribution in [-0.2, 0) is 5.75 Å². The van der Waals surface area contributed by atoms with E-state index >= 15 is 0 Å². The molecule has 1 aromatic heterocycles. The van der Waals surface area contributed by atoms with Crippen molar-refractivity contribution in [2.45, 2.75) is 10.6 Å². The molecule has 1 heterocycles. The van der Waals surface area contributed by atoms with Gasteiger partial charge in [0.2, 0.25) is 0 Å². The molecule has 0 aliphatic carbocycles. The Morgan fingerprint density at radius 1 is 1.29 bits per heavy atom. The highest BCUT2D eigenvalue weighted by Gasteiger charge is 1.97. The molecule has 0 N–H and O–H groups in total. The summed E-state index contributed by atoms with van der Waals surface area (Å²) in [6.07, 6.45) is 0. The van der Waals surface area contributed by atoms with Crippen LogP contribution < -0.4 is 0 Å². The molecule has 0 saturated carbocycles. The van der Waals surface area contributed by atoms with E-state index in [4.69, 9.17) is 11.6 Å². The van der Waals surface area contributed by atoms with Crippen LogP contribution in [0.1, 0.15) is 5.69 Å². The Morgan fingerprint density at radius 2 is 2.07 bits per heavy atom. The van der Waals surface area contributed by atoms with Crippen LogP contribution in [0.3, 0.4) is 0 Å². The Kier molecular flexibility index (Phi) is 3.45. The predicted molar refractivity (Wildman–Crippen MR) is 63.1 cm³/mol. The number of rotatable bonds is 3. The van der Waals surface area contributed by atoms with Crippen molar-refractivity contribution in [2.24, 2.45) is 0 Å². The van der Waals surface area contributed by atoms with Gasteiger partial charge in [-0.3, -0.25) is 0 Å². The van der Waals surface area contributed by atoms with E-state index < -0.39 is 0 Å². The zero-order valence-corrected chi connectivity index (χ0v) is 9.70. The molecule has 0 spiro atoms. The summed E-state index contributed by atoms with van der Waals surface area (Å²) >= 11 is 9.20. The van der Waals surface area contributed by atoms with Crippen LogP contribution in [0.5, 0.6) is 0 Å². The Balaban J connectivity index is 1.95. The molecule has 0 saturated heterocycles. The smallest absolute Gasteiger partial charge is 0.0795 e. The first kappa shape index (κ1) is 10.0. The van der Waals surface area contributed by atoms with Gasteiger partial charge in [-0.2, -0.15) is 0 Å². The molecule has 0 unspecified atom stereocenters. The summed E-state index contributed by atoms with van der Waals surface area (Å²) in [5.74, 6) is 0.922. The van der Waals surface area contributed by atoms with Gasteiger partial charge in [-0.15, -0.1) is 23.1 Å². The standard InChI is InChI=1S/C10H8ClNS2/c11-8-1-3-10(4-2-8)14-6-9-5-13-7-12-9/h1-5,7H,6H2. The lowest BCUT2D eigenvalue weighted by Gasteiger charge is -1.98. The maximum atomic E-state index is 5.79. The number of nitrogens with zero attached hydrogens (tertiary/aromatic N) is 1. The molecule has 0 amide bonds. The summed E-state index contributed by atoms with van der Waals surface area (Å²) in [6, 6.07) is 7.87. The van der Waals surface area contributed by atoms with Crippen molar-refractivity contribution in [3.05, 3.63) is 45.9 Å². The highest BCUT2D eigenvalue weighted by atomic mass is 35.5. The first-order valence-electron chi connectivity index (χ1n) is 4.10. The molecule has 0 aliphatic rings. The van der Waals surface area contributed by atoms with Crippen molar-refractivity contribution >= 4 is 34.7 Å². The molecular formula is C10H8ClNS2. The highest BCUT2D eigenvalue weighted by Crippen LogP contribution is 2.23. The number of benzene rings is 1. The SMILES string of the molecule is Clc1ccc(SCc2cscn2)cc1. The van der Waals surface area contributed by atoms with Gasteiger partial charge in [0.05, 0.1) is 11.2 Å². The number of hydrogen-bond acceptors (Lipinski definition) is 3. The fourth-order valence-electron chi connectivity index (χ4n) is 0.997. The summed E-state index contributed by atoms with van der Waals surface area (Å²) in [5.41, 5.74) is 2.99. The largest absolute Gasteiger partial charge is 0.249 e. The summed E-state index contributed by atoms with van der Waals surface area (Å²) in [5, 5.41) is 2.85. The summed E-state index contributed by atoms with van der Waals surface area (Å²) in [7, 11) is 0. The molecule has 0 fully saturated rings. The van der Waals surface area contributed by atoms with Crippen molar-refractivity contribution in [1.82, 2.24) is 4.98 Å². The van der Waals surface area contributed by atoms with E-state index in [2.05, 4.69) is 10.4 Å². The van der Waals surface area contributed by atoms with Crippen molar-refractivity contribution in [1.29, 1.82) is 0 Å². The van der Waals surface area contributed by atoms with Gasteiger partial charge >= 0.3 is 0 Å². The molecule has 0 atom stereocenters. The van der Waals surface area contributed by atoms with Crippen LogP contribution in [0.25, 0.3) is 0 Å². The van der Waals surface area contributed by atoms with Gasteiger partial charge in [-0.1, -0.05) is 11.6 Å². The maximum Gasteiger partial charge on any atom is 0.0795 e. The fraction of sp³-hybridized carbons (Fsp3) is 0.100. The molecule has 0 aliphatic heterocycles.